The maximum atomic E-state index is 13.5. The number of halogens is 2. The van der Waals surface area contributed by atoms with E-state index in [1.807, 2.05) is 12.1 Å². The van der Waals surface area contributed by atoms with Crippen LogP contribution in [0.2, 0.25) is 5.02 Å². The van der Waals surface area contributed by atoms with Crippen LogP contribution in [-0.4, -0.2) is 24.7 Å². The van der Waals surface area contributed by atoms with Gasteiger partial charge in [-0.2, -0.15) is 0 Å². The van der Waals surface area contributed by atoms with Crippen LogP contribution in [0.1, 0.15) is 12.0 Å². The summed E-state index contributed by atoms with van der Waals surface area (Å²) in [6, 6.07) is 10.4. The number of anilines is 1. The fourth-order valence-electron chi connectivity index (χ4n) is 2.63. The van der Waals surface area contributed by atoms with E-state index >= 15 is 0 Å². The minimum absolute atomic E-state index is 0.219. The van der Waals surface area contributed by atoms with Gasteiger partial charge >= 0.3 is 0 Å². The predicted octanol–water partition coefficient (Wildman–Crippen LogP) is 3.64. The topological polar surface area (TPSA) is 34.2 Å². The monoisotopic (exact) mass is 306 g/mol. The first-order valence-corrected chi connectivity index (χ1v) is 7.25. The minimum atomic E-state index is -0.219. The lowest BCUT2D eigenvalue weighted by molar-refractivity contribution is 0.179. The van der Waals surface area contributed by atoms with Crippen molar-refractivity contribution in [2.24, 2.45) is 0 Å². The average molecular weight is 307 g/mol. The molecule has 0 saturated carbocycles. The summed E-state index contributed by atoms with van der Waals surface area (Å²) in [5, 5.41) is 3.90. The van der Waals surface area contributed by atoms with Crippen LogP contribution >= 0.6 is 11.6 Å². The fourth-order valence-corrected chi connectivity index (χ4v) is 2.75. The third-order valence-electron chi connectivity index (χ3n) is 3.88. The number of nitrogens with zero attached hydrogens (tertiary/aromatic N) is 1. The Bertz CT molecular complexity index is 612. The average Bonchev–Trinajstić information content (AvgIpc) is 2.97. The number of rotatable bonds is 4. The molecule has 1 atom stereocenters. The van der Waals surface area contributed by atoms with E-state index in [2.05, 4.69) is 10.3 Å². The molecule has 1 aliphatic heterocycles. The smallest absolute Gasteiger partial charge is 0.126 e. The van der Waals surface area contributed by atoms with Crippen LogP contribution in [0.3, 0.4) is 0 Å². The van der Waals surface area contributed by atoms with Crippen LogP contribution in [0, 0.1) is 5.82 Å². The van der Waals surface area contributed by atoms with Crippen molar-refractivity contribution < 1.29 is 9.13 Å². The molecule has 1 aromatic carbocycles. The van der Waals surface area contributed by atoms with Gasteiger partial charge in [-0.05, 0) is 36.2 Å². The maximum absolute atomic E-state index is 13.5. The van der Waals surface area contributed by atoms with Crippen LogP contribution in [0.4, 0.5) is 10.2 Å². The summed E-state index contributed by atoms with van der Waals surface area (Å²) < 4.78 is 19.1. The Morgan fingerprint density at radius 2 is 2.24 bits per heavy atom. The van der Waals surface area contributed by atoms with Crippen molar-refractivity contribution in [3.63, 3.8) is 0 Å². The van der Waals surface area contributed by atoms with Crippen LogP contribution in [0.25, 0.3) is 0 Å². The van der Waals surface area contributed by atoms with Gasteiger partial charge in [0.25, 0.3) is 0 Å². The third-order valence-corrected chi connectivity index (χ3v) is 4.10. The summed E-state index contributed by atoms with van der Waals surface area (Å²) in [5.41, 5.74) is 0.741. The summed E-state index contributed by atoms with van der Waals surface area (Å²) in [6.07, 6.45) is 2.46. The second-order valence-corrected chi connectivity index (χ2v) is 5.74. The number of hydrogen-bond acceptors (Lipinski definition) is 3. The number of pyridine rings is 1. The second-order valence-electron chi connectivity index (χ2n) is 5.31. The van der Waals surface area contributed by atoms with Gasteiger partial charge in [-0.1, -0.05) is 23.7 Å². The molecule has 1 fully saturated rings. The lowest BCUT2D eigenvalue weighted by Gasteiger charge is -2.28. The molecule has 110 valence electrons. The molecule has 0 spiro atoms. The lowest BCUT2D eigenvalue weighted by Crippen LogP contribution is -2.35. The molecule has 1 saturated heterocycles. The van der Waals surface area contributed by atoms with Crippen molar-refractivity contribution in [1.82, 2.24) is 4.98 Å². The van der Waals surface area contributed by atoms with Crippen molar-refractivity contribution in [1.29, 1.82) is 0 Å². The van der Waals surface area contributed by atoms with Crippen LogP contribution in [0.5, 0.6) is 0 Å². The van der Waals surface area contributed by atoms with E-state index in [9.17, 15) is 4.39 Å². The molecule has 3 nitrogen and oxygen atoms in total. The van der Waals surface area contributed by atoms with Crippen molar-refractivity contribution in [3.8, 4) is 0 Å². The van der Waals surface area contributed by atoms with Crippen LogP contribution in [0.15, 0.2) is 42.6 Å². The summed E-state index contributed by atoms with van der Waals surface area (Å²) in [6.45, 7) is 1.91. The van der Waals surface area contributed by atoms with E-state index in [-0.39, 0.29) is 11.2 Å². The molecule has 0 aliphatic carbocycles. The van der Waals surface area contributed by atoms with Crippen molar-refractivity contribution in [2.45, 2.75) is 11.8 Å². The largest absolute Gasteiger partial charge is 0.380 e. The zero-order valence-electron chi connectivity index (χ0n) is 11.5. The van der Waals surface area contributed by atoms with E-state index in [4.69, 9.17) is 16.3 Å². The van der Waals surface area contributed by atoms with Gasteiger partial charge in [0.15, 0.2) is 0 Å². The van der Waals surface area contributed by atoms with Gasteiger partial charge in [0.2, 0.25) is 0 Å². The third kappa shape index (κ3) is 3.17. The van der Waals surface area contributed by atoms with Crippen LogP contribution < -0.4 is 5.32 Å². The Morgan fingerprint density at radius 1 is 1.33 bits per heavy atom. The van der Waals surface area contributed by atoms with E-state index in [0.717, 1.165) is 17.8 Å². The highest BCUT2D eigenvalue weighted by Crippen LogP contribution is 2.33. The number of hydrogen-bond donors (Lipinski definition) is 1. The first kappa shape index (κ1) is 14.3. The Morgan fingerprint density at radius 3 is 2.90 bits per heavy atom. The van der Waals surface area contributed by atoms with Crippen molar-refractivity contribution >= 4 is 17.4 Å². The van der Waals surface area contributed by atoms with Gasteiger partial charge in [0, 0.05) is 24.8 Å². The molecule has 1 N–H and O–H groups in total. The molecule has 0 bridgehead atoms. The first-order valence-electron chi connectivity index (χ1n) is 6.87. The number of benzene rings is 1. The molecule has 1 aliphatic rings. The molecule has 2 heterocycles. The zero-order chi connectivity index (χ0) is 14.7. The number of nitrogens with one attached hydrogen (secondary N) is 1. The number of ether oxygens (including phenoxy) is 1. The van der Waals surface area contributed by atoms with Gasteiger partial charge in [-0.3, -0.25) is 0 Å². The molecule has 0 radical (unpaired) electrons. The predicted molar refractivity (Wildman–Crippen MR) is 81.3 cm³/mol. The number of aromatic nitrogens is 1. The molecular formula is C16H16ClFN2O. The van der Waals surface area contributed by atoms with Crippen LogP contribution in [-0.2, 0) is 10.2 Å². The van der Waals surface area contributed by atoms with Crippen molar-refractivity contribution in [3.05, 3.63) is 59.0 Å². The van der Waals surface area contributed by atoms with Gasteiger partial charge < -0.3 is 10.1 Å². The van der Waals surface area contributed by atoms with Gasteiger partial charge in [-0.15, -0.1) is 0 Å². The van der Waals surface area contributed by atoms with Gasteiger partial charge in [0.05, 0.1) is 11.6 Å². The van der Waals surface area contributed by atoms with E-state index in [1.54, 1.807) is 24.4 Å². The molecule has 2 aromatic rings. The van der Waals surface area contributed by atoms with Crippen molar-refractivity contribution in [2.75, 3.05) is 25.1 Å². The minimum Gasteiger partial charge on any atom is -0.380 e. The maximum Gasteiger partial charge on any atom is 0.126 e. The molecule has 3 rings (SSSR count). The Balaban J connectivity index is 1.80. The highest BCUT2D eigenvalue weighted by molar-refractivity contribution is 6.30. The highest BCUT2D eigenvalue weighted by atomic mass is 35.5. The van der Waals surface area contributed by atoms with Gasteiger partial charge in [-0.25, -0.2) is 9.37 Å². The Hall–Kier alpha value is -1.65. The highest BCUT2D eigenvalue weighted by Gasteiger charge is 2.36. The molecule has 1 unspecified atom stereocenters. The molecule has 5 heteroatoms. The molecular weight excluding hydrogens is 291 g/mol. The summed E-state index contributed by atoms with van der Waals surface area (Å²) in [5.74, 6) is 0.533. The standard InChI is InChI=1S/C16H16ClFN2O/c17-13-4-5-15(19-9-13)20-10-16(6-7-21-11-16)12-2-1-3-14(18)8-12/h1-5,8-9H,6-7,10-11H2,(H,19,20). The SMILES string of the molecule is Fc1cccc(C2(CNc3ccc(Cl)cn3)CCOC2)c1. The molecule has 0 amide bonds. The fraction of sp³-hybridized carbons (Fsp3) is 0.312. The van der Waals surface area contributed by atoms with E-state index in [0.29, 0.717) is 24.8 Å². The normalized spacial score (nSPS) is 21.4. The molecule has 1 aromatic heterocycles. The summed E-state index contributed by atoms with van der Waals surface area (Å²) >= 11 is 5.83. The second kappa shape index (κ2) is 6.00. The van der Waals surface area contributed by atoms with Gasteiger partial charge in [0.1, 0.15) is 11.6 Å². The van der Waals surface area contributed by atoms with E-state index < -0.39 is 0 Å². The zero-order valence-corrected chi connectivity index (χ0v) is 12.2. The Kier molecular flexibility index (Phi) is 4.08. The molecule has 21 heavy (non-hydrogen) atoms. The summed E-state index contributed by atoms with van der Waals surface area (Å²) in [4.78, 5) is 4.22. The Labute approximate surface area is 128 Å². The quantitative estimate of drug-likeness (QED) is 0.936. The lowest BCUT2D eigenvalue weighted by atomic mass is 9.79. The summed E-state index contributed by atoms with van der Waals surface area (Å²) in [7, 11) is 0. The first-order chi connectivity index (χ1) is 10.2. The van der Waals surface area contributed by atoms with E-state index in [1.165, 1.54) is 6.07 Å².